The number of nitrogens with one attached hydrogen (secondary N) is 1. The van der Waals surface area contributed by atoms with Gasteiger partial charge in [0.1, 0.15) is 29.3 Å². The van der Waals surface area contributed by atoms with Crippen molar-refractivity contribution in [1.82, 2.24) is 10.3 Å². The van der Waals surface area contributed by atoms with Crippen molar-refractivity contribution < 1.29 is 18.3 Å². The van der Waals surface area contributed by atoms with Gasteiger partial charge in [0.05, 0.1) is 12.1 Å². The molecule has 0 aliphatic carbocycles. The molecule has 118 valence electrons. The Morgan fingerprint density at radius 1 is 1.39 bits per heavy atom. The van der Waals surface area contributed by atoms with Gasteiger partial charge in [-0.2, -0.15) is 0 Å². The van der Waals surface area contributed by atoms with E-state index in [0.29, 0.717) is 27.4 Å². The minimum absolute atomic E-state index is 0.215. The summed E-state index contributed by atoms with van der Waals surface area (Å²) in [5, 5.41) is 3.65. The van der Waals surface area contributed by atoms with E-state index in [-0.39, 0.29) is 19.1 Å². The Balaban J connectivity index is 1.58. The van der Waals surface area contributed by atoms with Gasteiger partial charge in [-0.05, 0) is 24.3 Å². The van der Waals surface area contributed by atoms with Crippen LogP contribution in [0.25, 0.3) is 11.0 Å². The van der Waals surface area contributed by atoms with Gasteiger partial charge in [-0.25, -0.2) is 9.37 Å². The maximum atomic E-state index is 13.1. The lowest BCUT2D eigenvalue weighted by molar-refractivity contribution is 0.0947. The zero-order chi connectivity index (χ0) is 16.2. The molecule has 1 amide bonds. The lowest BCUT2D eigenvalue weighted by Crippen LogP contribution is -2.28. The van der Waals surface area contributed by atoms with E-state index in [0.717, 1.165) is 0 Å². The van der Waals surface area contributed by atoms with Crippen molar-refractivity contribution in [2.24, 2.45) is 0 Å². The number of rotatable bonds is 5. The number of hydrogen-bond acceptors (Lipinski definition) is 4. The summed E-state index contributed by atoms with van der Waals surface area (Å²) in [4.78, 5) is 16.1. The van der Waals surface area contributed by atoms with E-state index in [9.17, 15) is 9.18 Å². The van der Waals surface area contributed by atoms with Gasteiger partial charge in [-0.1, -0.05) is 11.6 Å². The fourth-order valence-electron chi connectivity index (χ4n) is 2.06. The van der Waals surface area contributed by atoms with Gasteiger partial charge in [0, 0.05) is 17.6 Å². The summed E-state index contributed by atoms with van der Waals surface area (Å²) < 4.78 is 23.7. The maximum absolute atomic E-state index is 13.1. The van der Waals surface area contributed by atoms with Gasteiger partial charge in [-0.3, -0.25) is 4.79 Å². The zero-order valence-electron chi connectivity index (χ0n) is 11.9. The Morgan fingerprint density at radius 3 is 3.09 bits per heavy atom. The molecule has 1 aromatic carbocycles. The number of hydrogen-bond donors (Lipinski definition) is 1. The second-order valence-corrected chi connectivity index (χ2v) is 5.09. The Morgan fingerprint density at radius 2 is 2.26 bits per heavy atom. The van der Waals surface area contributed by atoms with E-state index in [4.69, 9.17) is 20.8 Å². The largest absolute Gasteiger partial charge is 0.475 e. The number of ether oxygens (including phenoxy) is 1. The highest BCUT2D eigenvalue weighted by Gasteiger charge is 2.13. The highest BCUT2D eigenvalue weighted by Crippen LogP contribution is 2.22. The van der Waals surface area contributed by atoms with E-state index in [1.54, 1.807) is 18.3 Å². The molecular formula is C16H12ClFN2O3. The number of furan rings is 1. The first-order chi connectivity index (χ1) is 11.1. The second kappa shape index (κ2) is 6.66. The normalized spacial score (nSPS) is 10.7. The van der Waals surface area contributed by atoms with Crippen molar-refractivity contribution in [2.75, 3.05) is 13.2 Å². The van der Waals surface area contributed by atoms with E-state index in [2.05, 4.69) is 10.3 Å². The summed E-state index contributed by atoms with van der Waals surface area (Å²) in [5.41, 5.74) is 0.669. The number of amides is 1. The summed E-state index contributed by atoms with van der Waals surface area (Å²) >= 11 is 5.91. The molecule has 0 unspecified atom stereocenters. The Labute approximate surface area is 136 Å². The van der Waals surface area contributed by atoms with E-state index in [1.807, 2.05) is 0 Å². The van der Waals surface area contributed by atoms with Gasteiger partial charge < -0.3 is 14.5 Å². The molecule has 0 saturated heterocycles. The third-order valence-electron chi connectivity index (χ3n) is 3.13. The van der Waals surface area contributed by atoms with Gasteiger partial charge in [0.15, 0.2) is 0 Å². The van der Waals surface area contributed by atoms with E-state index < -0.39 is 5.82 Å². The average Bonchev–Trinajstić information content (AvgIpc) is 2.96. The topological polar surface area (TPSA) is 64.4 Å². The van der Waals surface area contributed by atoms with Crippen LogP contribution in [0.5, 0.6) is 5.88 Å². The highest BCUT2D eigenvalue weighted by atomic mass is 35.5. The van der Waals surface area contributed by atoms with E-state index in [1.165, 1.54) is 24.5 Å². The molecule has 1 N–H and O–H groups in total. The number of carbonyl (C=O) groups is 1. The summed E-state index contributed by atoms with van der Waals surface area (Å²) in [7, 11) is 0. The van der Waals surface area contributed by atoms with Crippen LogP contribution in [-0.4, -0.2) is 24.0 Å². The van der Waals surface area contributed by atoms with Gasteiger partial charge in [0.25, 0.3) is 5.91 Å². The monoisotopic (exact) mass is 334 g/mol. The molecule has 5 nitrogen and oxygen atoms in total. The highest BCUT2D eigenvalue weighted by molar-refractivity contribution is 6.31. The number of carbonyl (C=O) groups excluding carboxylic acids is 1. The lowest BCUT2D eigenvalue weighted by Gasteiger charge is -2.07. The molecule has 0 saturated carbocycles. The van der Waals surface area contributed by atoms with Crippen LogP contribution in [0.3, 0.4) is 0 Å². The van der Waals surface area contributed by atoms with Crippen LogP contribution in [0.4, 0.5) is 4.39 Å². The fraction of sp³-hybridized carbons (Fsp3) is 0.125. The number of halogens is 2. The number of aromatic nitrogens is 1. The Hall–Kier alpha value is -2.60. The molecule has 0 radical (unpaired) electrons. The SMILES string of the molecule is O=C(NCCOc1ncccc1Cl)c1coc2cc(F)ccc12. The van der Waals surface area contributed by atoms with Gasteiger partial charge >= 0.3 is 0 Å². The standard InChI is InChI=1S/C16H12ClFN2O3/c17-13-2-1-5-20-16(13)22-7-6-19-15(21)12-9-23-14-8-10(18)3-4-11(12)14/h1-5,8-9H,6-7H2,(H,19,21). The molecule has 7 heteroatoms. The van der Waals surface area contributed by atoms with Crippen LogP contribution in [0.1, 0.15) is 10.4 Å². The third kappa shape index (κ3) is 3.43. The molecule has 3 rings (SSSR count). The number of pyridine rings is 1. The molecule has 0 atom stereocenters. The van der Waals surface area contributed by atoms with Crippen LogP contribution in [0.2, 0.25) is 5.02 Å². The molecule has 3 aromatic rings. The van der Waals surface area contributed by atoms with Crippen molar-refractivity contribution in [1.29, 1.82) is 0 Å². The second-order valence-electron chi connectivity index (χ2n) is 4.68. The minimum atomic E-state index is -0.417. The Bertz CT molecular complexity index is 850. The van der Waals surface area contributed by atoms with Crippen molar-refractivity contribution in [2.45, 2.75) is 0 Å². The van der Waals surface area contributed by atoms with Gasteiger partial charge in [-0.15, -0.1) is 0 Å². The van der Waals surface area contributed by atoms with Crippen LogP contribution < -0.4 is 10.1 Å². The first-order valence-electron chi connectivity index (χ1n) is 6.83. The quantitative estimate of drug-likeness (QED) is 0.726. The van der Waals surface area contributed by atoms with Crippen LogP contribution in [-0.2, 0) is 0 Å². The minimum Gasteiger partial charge on any atom is -0.475 e. The molecule has 2 heterocycles. The molecule has 0 fully saturated rings. The number of fused-ring (bicyclic) bond motifs is 1. The van der Waals surface area contributed by atoms with Crippen molar-refractivity contribution in [3.05, 3.63) is 59.2 Å². The maximum Gasteiger partial charge on any atom is 0.255 e. The molecule has 0 aliphatic rings. The molecule has 23 heavy (non-hydrogen) atoms. The molecule has 0 aliphatic heterocycles. The fourth-order valence-corrected chi connectivity index (χ4v) is 2.24. The smallest absolute Gasteiger partial charge is 0.255 e. The molecule has 0 spiro atoms. The van der Waals surface area contributed by atoms with E-state index >= 15 is 0 Å². The van der Waals surface area contributed by atoms with Crippen LogP contribution >= 0.6 is 11.6 Å². The zero-order valence-corrected chi connectivity index (χ0v) is 12.6. The predicted molar refractivity (Wildman–Crippen MR) is 83.2 cm³/mol. The summed E-state index contributed by atoms with van der Waals surface area (Å²) in [6, 6.07) is 7.38. The van der Waals surface area contributed by atoms with Gasteiger partial charge in [0.2, 0.25) is 5.88 Å². The third-order valence-corrected chi connectivity index (χ3v) is 3.42. The predicted octanol–water partition coefficient (Wildman–Crippen LogP) is 3.43. The summed E-state index contributed by atoms with van der Waals surface area (Å²) in [6.45, 7) is 0.479. The van der Waals surface area contributed by atoms with Crippen LogP contribution in [0.15, 0.2) is 47.2 Å². The average molecular weight is 335 g/mol. The Kier molecular flexibility index (Phi) is 4.43. The van der Waals surface area contributed by atoms with Crippen molar-refractivity contribution in [3.63, 3.8) is 0 Å². The summed E-state index contributed by atoms with van der Waals surface area (Å²) in [6.07, 6.45) is 2.87. The van der Waals surface area contributed by atoms with Crippen molar-refractivity contribution in [3.8, 4) is 5.88 Å². The molecule has 0 bridgehead atoms. The number of nitrogens with zero attached hydrogens (tertiary/aromatic N) is 1. The lowest BCUT2D eigenvalue weighted by atomic mass is 10.1. The molecule has 2 aromatic heterocycles. The first kappa shape index (κ1) is 15.3. The first-order valence-corrected chi connectivity index (χ1v) is 7.21. The molecular weight excluding hydrogens is 323 g/mol. The number of benzene rings is 1. The van der Waals surface area contributed by atoms with Crippen LogP contribution in [0, 0.1) is 5.82 Å². The summed E-state index contributed by atoms with van der Waals surface area (Å²) in [5.74, 6) is -0.432. The van der Waals surface area contributed by atoms with Crippen molar-refractivity contribution >= 4 is 28.5 Å².